The van der Waals surface area contributed by atoms with E-state index < -0.39 is 0 Å². The Morgan fingerprint density at radius 3 is 2.56 bits per heavy atom. The first-order valence-electron chi connectivity index (χ1n) is 5.20. The molecule has 78 valence electrons. The normalized spacial score (nSPS) is 10.8. The number of benzene rings is 2. The van der Waals surface area contributed by atoms with Gasteiger partial charge in [0, 0.05) is 5.56 Å². The van der Waals surface area contributed by atoms with Crippen LogP contribution in [0.2, 0.25) is 0 Å². The number of nitrogens with zero attached hydrogens (tertiary/aromatic N) is 2. The molecule has 1 heterocycles. The van der Waals surface area contributed by atoms with Gasteiger partial charge in [-0.2, -0.15) is 5.10 Å². The topological polar surface area (TPSA) is 41.6 Å². The maximum atomic E-state index is 4.20. The second kappa shape index (κ2) is 3.45. The molecule has 0 radical (unpaired) electrons. The summed E-state index contributed by atoms with van der Waals surface area (Å²) in [6, 6.07) is 12.5. The van der Waals surface area contributed by atoms with Crippen molar-refractivity contribution >= 4 is 10.8 Å². The third-order valence-corrected chi connectivity index (χ3v) is 2.81. The van der Waals surface area contributed by atoms with Crippen LogP contribution in [0.1, 0.15) is 5.56 Å². The summed E-state index contributed by atoms with van der Waals surface area (Å²) in [7, 11) is 0. The monoisotopic (exact) mass is 209 g/mol. The lowest BCUT2D eigenvalue weighted by atomic mass is 10.00. The molecule has 0 unspecified atom stereocenters. The number of nitrogens with one attached hydrogen (secondary N) is 1. The number of aryl methyl sites for hydroxylation is 1. The second-order valence-corrected chi connectivity index (χ2v) is 3.81. The summed E-state index contributed by atoms with van der Waals surface area (Å²) in [6.45, 7) is 2.12. The van der Waals surface area contributed by atoms with Crippen molar-refractivity contribution in [3.8, 4) is 11.4 Å². The van der Waals surface area contributed by atoms with Crippen LogP contribution >= 0.6 is 0 Å². The molecule has 0 spiro atoms. The molecule has 1 aromatic heterocycles. The van der Waals surface area contributed by atoms with Crippen molar-refractivity contribution in [1.29, 1.82) is 0 Å². The van der Waals surface area contributed by atoms with Gasteiger partial charge in [-0.25, -0.2) is 4.98 Å². The molecule has 0 amide bonds. The van der Waals surface area contributed by atoms with Crippen LogP contribution in [0.5, 0.6) is 0 Å². The van der Waals surface area contributed by atoms with Gasteiger partial charge in [0.25, 0.3) is 0 Å². The molecule has 0 aliphatic rings. The Balaban J connectivity index is 2.39. The lowest BCUT2D eigenvalue weighted by Gasteiger charge is -2.06. The average molecular weight is 209 g/mol. The van der Waals surface area contributed by atoms with E-state index in [1.165, 1.54) is 22.7 Å². The van der Waals surface area contributed by atoms with Gasteiger partial charge in [-0.3, -0.25) is 5.10 Å². The molecule has 3 nitrogen and oxygen atoms in total. The van der Waals surface area contributed by atoms with E-state index in [-0.39, 0.29) is 0 Å². The summed E-state index contributed by atoms with van der Waals surface area (Å²) in [5, 5.41) is 9.26. The van der Waals surface area contributed by atoms with Crippen molar-refractivity contribution in [3.63, 3.8) is 0 Å². The Morgan fingerprint density at radius 1 is 1.00 bits per heavy atom. The molecule has 16 heavy (non-hydrogen) atoms. The number of aromatic nitrogens is 3. The molecule has 0 aliphatic carbocycles. The van der Waals surface area contributed by atoms with Gasteiger partial charge in [0.15, 0.2) is 5.82 Å². The number of fused-ring (bicyclic) bond motifs is 1. The van der Waals surface area contributed by atoms with Crippen LogP contribution in [-0.4, -0.2) is 15.2 Å². The molecule has 3 heteroatoms. The van der Waals surface area contributed by atoms with Crippen LogP contribution in [-0.2, 0) is 0 Å². The molecule has 0 saturated carbocycles. The molecule has 0 fully saturated rings. The predicted octanol–water partition coefficient (Wildman–Crippen LogP) is 2.93. The van der Waals surface area contributed by atoms with Gasteiger partial charge < -0.3 is 0 Å². The zero-order chi connectivity index (χ0) is 11.0. The lowest BCUT2D eigenvalue weighted by Crippen LogP contribution is -1.86. The summed E-state index contributed by atoms with van der Waals surface area (Å²) in [4.78, 5) is 4.20. The third kappa shape index (κ3) is 1.29. The Labute approximate surface area is 93.2 Å². The fourth-order valence-electron chi connectivity index (χ4n) is 1.99. The Morgan fingerprint density at radius 2 is 1.81 bits per heavy atom. The quantitative estimate of drug-likeness (QED) is 0.669. The van der Waals surface area contributed by atoms with Crippen molar-refractivity contribution < 1.29 is 0 Å². The molecule has 0 atom stereocenters. The maximum absolute atomic E-state index is 4.20. The molecular formula is C13H11N3. The van der Waals surface area contributed by atoms with Crippen molar-refractivity contribution in [3.05, 3.63) is 48.3 Å². The average Bonchev–Trinajstić information content (AvgIpc) is 2.83. The molecular weight excluding hydrogens is 198 g/mol. The van der Waals surface area contributed by atoms with Crippen LogP contribution < -0.4 is 0 Å². The highest BCUT2D eigenvalue weighted by Gasteiger charge is 2.06. The zero-order valence-corrected chi connectivity index (χ0v) is 8.94. The van der Waals surface area contributed by atoms with Gasteiger partial charge in [0.05, 0.1) is 0 Å². The fourth-order valence-corrected chi connectivity index (χ4v) is 1.99. The Hall–Kier alpha value is -2.16. The maximum Gasteiger partial charge on any atom is 0.156 e. The van der Waals surface area contributed by atoms with Gasteiger partial charge in [-0.15, -0.1) is 0 Å². The van der Waals surface area contributed by atoms with Crippen LogP contribution in [0.15, 0.2) is 42.7 Å². The van der Waals surface area contributed by atoms with Gasteiger partial charge in [-0.05, 0) is 23.3 Å². The van der Waals surface area contributed by atoms with Gasteiger partial charge in [0.2, 0.25) is 0 Å². The molecule has 0 saturated heterocycles. The summed E-state index contributed by atoms with van der Waals surface area (Å²) in [6.07, 6.45) is 1.53. The van der Waals surface area contributed by atoms with E-state index in [0.717, 1.165) is 11.4 Å². The predicted molar refractivity (Wildman–Crippen MR) is 64.1 cm³/mol. The van der Waals surface area contributed by atoms with Crippen LogP contribution in [0.3, 0.4) is 0 Å². The number of hydrogen-bond donors (Lipinski definition) is 1. The highest BCUT2D eigenvalue weighted by atomic mass is 15.2. The van der Waals surface area contributed by atoms with Crippen LogP contribution in [0, 0.1) is 6.92 Å². The smallest absolute Gasteiger partial charge is 0.156 e. The van der Waals surface area contributed by atoms with Crippen molar-refractivity contribution in [2.24, 2.45) is 0 Å². The first-order chi connectivity index (χ1) is 7.86. The first kappa shape index (κ1) is 9.09. The summed E-state index contributed by atoms with van der Waals surface area (Å²) >= 11 is 0. The summed E-state index contributed by atoms with van der Waals surface area (Å²) < 4.78 is 0. The summed E-state index contributed by atoms with van der Waals surface area (Å²) in [5.41, 5.74) is 2.37. The largest absolute Gasteiger partial charge is 0.259 e. The molecule has 2 aromatic carbocycles. The summed E-state index contributed by atoms with van der Waals surface area (Å²) in [5.74, 6) is 0.816. The third-order valence-electron chi connectivity index (χ3n) is 2.81. The number of rotatable bonds is 1. The number of aromatic amines is 1. The van der Waals surface area contributed by atoms with Gasteiger partial charge >= 0.3 is 0 Å². The number of H-pyrrole nitrogens is 1. The van der Waals surface area contributed by atoms with E-state index in [1.807, 2.05) is 6.07 Å². The molecule has 1 N–H and O–H groups in total. The van der Waals surface area contributed by atoms with E-state index in [9.17, 15) is 0 Å². The van der Waals surface area contributed by atoms with E-state index in [1.54, 1.807) is 0 Å². The fraction of sp³-hybridized carbons (Fsp3) is 0.0769. The minimum Gasteiger partial charge on any atom is -0.259 e. The van der Waals surface area contributed by atoms with Crippen LogP contribution in [0.25, 0.3) is 22.2 Å². The lowest BCUT2D eigenvalue weighted by molar-refractivity contribution is 1.10. The molecule has 3 rings (SSSR count). The van der Waals surface area contributed by atoms with E-state index in [2.05, 4.69) is 52.4 Å². The highest BCUT2D eigenvalue weighted by molar-refractivity contribution is 5.96. The minimum absolute atomic E-state index is 0.816. The van der Waals surface area contributed by atoms with Crippen molar-refractivity contribution in [2.75, 3.05) is 0 Å². The van der Waals surface area contributed by atoms with Gasteiger partial charge in [0.1, 0.15) is 6.33 Å². The van der Waals surface area contributed by atoms with E-state index in [4.69, 9.17) is 0 Å². The second-order valence-electron chi connectivity index (χ2n) is 3.81. The molecule has 3 aromatic rings. The SMILES string of the molecule is Cc1ccc(-c2ncn[nH]2)c2ccccc12. The van der Waals surface area contributed by atoms with Crippen LogP contribution in [0.4, 0.5) is 0 Å². The zero-order valence-electron chi connectivity index (χ0n) is 8.94. The minimum atomic E-state index is 0.816. The highest BCUT2D eigenvalue weighted by Crippen LogP contribution is 2.27. The Bertz CT molecular complexity index is 627. The first-order valence-corrected chi connectivity index (χ1v) is 5.20. The van der Waals surface area contributed by atoms with E-state index >= 15 is 0 Å². The van der Waals surface area contributed by atoms with E-state index in [0.29, 0.717) is 0 Å². The molecule has 0 aliphatic heterocycles. The standard InChI is InChI=1S/C13H11N3/c1-9-6-7-12(13-14-8-15-16-13)11-5-3-2-4-10(9)11/h2-8H,1H3,(H,14,15,16). The van der Waals surface area contributed by atoms with Crippen molar-refractivity contribution in [1.82, 2.24) is 15.2 Å². The number of hydrogen-bond acceptors (Lipinski definition) is 2. The molecule has 0 bridgehead atoms. The van der Waals surface area contributed by atoms with Gasteiger partial charge in [-0.1, -0.05) is 36.4 Å². The Kier molecular flexibility index (Phi) is 1.96. The van der Waals surface area contributed by atoms with Crippen molar-refractivity contribution in [2.45, 2.75) is 6.92 Å².